The molecule has 0 spiro atoms. The molecule has 0 aliphatic heterocycles. The molecule has 4 aliphatic rings. The van der Waals surface area contributed by atoms with Crippen LogP contribution in [0.4, 0.5) is 16.2 Å². The largest absolute Gasteiger partial charge is 0.464 e. The highest BCUT2D eigenvalue weighted by Gasteiger charge is 2.53. The number of nitrogens with zero attached hydrogens (tertiary/aromatic N) is 2. The highest BCUT2D eigenvalue weighted by Crippen LogP contribution is 2.57. The van der Waals surface area contributed by atoms with Crippen molar-refractivity contribution in [3.8, 4) is 0 Å². The van der Waals surface area contributed by atoms with Gasteiger partial charge in [0.2, 0.25) is 11.8 Å². The first kappa shape index (κ1) is 41.3. The predicted molar refractivity (Wildman–Crippen MR) is 191 cm³/mol. The maximum Gasteiger partial charge on any atom is 0.408 e. The molecule has 4 bridgehead atoms. The number of thioether (sulfide) groups is 1. The third-order valence-corrected chi connectivity index (χ3v) is 11.0. The number of amides is 3. The number of rotatable bonds is 21. The van der Waals surface area contributed by atoms with Crippen molar-refractivity contribution in [3.63, 3.8) is 0 Å². The second-order valence-electron chi connectivity index (χ2n) is 14.1. The summed E-state index contributed by atoms with van der Waals surface area (Å²) in [6.07, 6.45) is 7.33. The first-order valence-electron chi connectivity index (χ1n) is 18.3. The number of alkyl carbamates (subject to hydrolysis) is 1. The van der Waals surface area contributed by atoms with Crippen LogP contribution in [0.5, 0.6) is 0 Å². The fourth-order valence-electron chi connectivity index (χ4n) is 7.64. The van der Waals surface area contributed by atoms with Gasteiger partial charge in [0.1, 0.15) is 24.2 Å². The number of ether oxygens (including phenoxy) is 3. The third kappa shape index (κ3) is 12.3. The zero-order chi connectivity index (χ0) is 38.5. The molecule has 53 heavy (non-hydrogen) atoms. The maximum absolute atomic E-state index is 13.3. The molecule has 1 aromatic carbocycles. The number of non-ortho nitro benzene ring substituents is 1. The van der Waals surface area contributed by atoms with Crippen LogP contribution in [0.3, 0.4) is 0 Å². The van der Waals surface area contributed by atoms with Gasteiger partial charge in [-0.25, -0.2) is 9.59 Å². The number of hydrogen-bond acceptors (Lipinski definition) is 13. The van der Waals surface area contributed by atoms with E-state index in [1.165, 1.54) is 6.07 Å². The van der Waals surface area contributed by atoms with Gasteiger partial charge in [-0.2, -0.15) is 0 Å². The van der Waals surface area contributed by atoms with Gasteiger partial charge in [0.15, 0.2) is 0 Å². The van der Waals surface area contributed by atoms with E-state index in [0.717, 1.165) is 75.3 Å². The summed E-state index contributed by atoms with van der Waals surface area (Å²) < 4.78 is 16.5. The quantitative estimate of drug-likeness (QED) is 0.0384. The summed E-state index contributed by atoms with van der Waals surface area (Å²) in [7, 11) is 0. The van der Waals surface area contributed by atoms with Gasteiger partial charge in [0.05, 0.1) is 34.0 Å². The van der Waals surface area contributed by atoms with Crippen LogP contribution in [0.15, 0.2) is 23.1 Å². The molecule has 2 atom stereocenters. The molecule has 4 saturated carbocycles. The first-order valence-corrected chi connectivity index (χ1v) is 19.2. The molecular weight excluding hydrogens is 714 g/mol. The standard InChI is InChI=1S/C35H49N5O12S/c1-3-5-11-50-31(42)20-36-32(43)27(21-53-29-9-7-25(39(46)47)16-28(29)40(48)49)37-30(41)10-8-26(33(44)51-12-6-4-2)38-34(45)52-35-17-22-13-23(18-35)15-24(14-22)19-35/h7,9,16,22-24,26-27H,3-6,8,10-15,17-21H2,1-2H3,(H,36,43)(H,37,41)(H,38,45)/t22?,23?,24?,26-,27-,35?/m0/s1. The lowest BCUT2D eigenvalue weighted by Gasteiger charge is -2.55. The zero-order valence-electron chi connectivity index (χ0n) is 30.1. The Kier molecular flexibility index (Phi) is 15.2. The van der Waals surface area contributed by atoms with Crippen molar-refractivity contribution in [1.82, 2.24) is 16.0 Å². The van der Waals surface area contributed by atoms with Gasteiger partial charge >= 0.3 is 18.0 Å². The van der Waals surface area contributed by atoms with E-state index in [2.05, 4.69) is 16.0 Å². The number of benzene rings is 1. The fourth-order valence-corrected chi connectivity index (χ4v) is 8.66. The van der Waals surface area contributed by atoms with Crippen LogP contribution >= 0.6 is 11.8 Å². The Bertz CT molecular complexity index is 1490. The number of unbranched alkanes of at least 4 members (excludes halogenated alkanes) is 2. The number of hydrogen-bond donors (Lipinski definition) is 3. The lowest BCUT2D eigenvalue weighted by atomic mass is 9.54. The van der Waals surface area contributed by atoms with E-state index >= 15 is 0 Å². The molecule has 18 heteroatoms. The summed E-state index contributed by atoms with van der Waals surface area (Å²) in [5.41, 5.74) is -1.62. The molecule has 3 N–H and O–H groups in total. The van der Waals surface area contributed by atoms with E-state index in [0.29, 0.717) is 30.6 Å². The second kappa shape index (κ2) is 19.6. The zero-order valence-corrected chi connectivity index (χ0v) is 31.0. The molecular formula is C35H49N5O12S. The number of carbonyl (C=O) groups excluding carboxylic acids is 5. The monoisotopic (exact) mass is 763 g/mol. The Morgan fingerprint density at radius 1 is 0.887 bits per heavy atom. The first-order chi connectivity index (χ1) is 25.3. The van der Waals surface area contributed by atoms with E-state index in [9.17, 15) is 44.2 Å². The van der Waals surface area contributed by atoms with E-state index < -0.39 is 75.3 Å². The van der Waals surface area contributed by atoms with Gasteiger partial charge in [-0.15, -0.1) is 11.8 Å². The molecule has 292 valence electrons. The van der Waals surface area contributed by atoms with Gasteiger partial charge in [-0.1, -0.05) is 26.7 Å². The smallest absolute Gasteiger partial charge is 0.408 e. The van der Waals surface area contributed by atoms with Crippen molar-refractivity contribution in [1.29, 1.82) is 0 Å². The van der Waals surface area contributed by atoms with Gasteiger partial charge < -0.3 is 30.2 Å². The van der Waals surface area contributed by atoms with Crippen LogP contribution in [0.2, 0.25) is 0 Å². The molecule has 5 rings (SSSR count). The van der Waals surface area contributed by atoms with Gasteiger partial charge in [-0.3, -0.25) is 34.6 Å². The van der Waals surface area contributed by atoms with E-state index in [-0.39, 0.29) is 36.7 Å². The van der Waals surface area contributed by atoms with Crippen LogP contribution in [0.25, 0.3) is 0 Å². The Labute approximate surface area is 311 Å². The SMILES string of the molecule is CCCCOC(=O)CNC(=O)[C@H](CSc1ccc([N+](=O)[O-])cc1[N+](=O)[O-])NC(=O)CC[C@H](NC(=O)OC12CC3CC(CC(C3)C1)C2)C(=O)OCCCC. The third-order valence-electron chi connectivity index (χ3n) is 9.85. The van der Waals surface area contributed by atoms with Crippen molar-refractivity contribution >= 4 is 53.0 Å². The minimum atomic E-state index is -1.34. The van der Waals surface area contributed by atoms with Crippen LogP contribution in [0.1, 0.15) is 90.9 Å². The maximum atomic E-state index is 13.3. The van der Waals surface area contributed by atoms with Crippen LogP contribution in [-0.2, 0) is 33.4 Å². The number of nitrogens with one attached hydrogen (secondary N) is 3. The van der Waals surface area contributed by atoms with Crippen molar-refractivity contribution in [2.75, 3.05) is 25.5 Å². The van der Waals surface area contributed by atoms with Crippen molar-refractivity contribution < 1.29 is 48.0 Å². The van der Waals surface area contributed by atoms with E-state index in [1.54, 1.807) is 0 Å². The van der Waals surface area contributed by atoms with Gasteiger partial charge in [-0.05, 0) is 81.6 Å². The summed E-state index contributed by atoms with van der Waals surface area (Å²) in [5, 5.41) is 30.4. The van der Waals surface area contributed by atoms with Crippen molar-refractivity contribution in [2.24, 2.45) is 17.8 Å². The molecule has 1 aromatic rings. The highest BCUT2D eigenvalue weighted by molar-refractivity contribution is 7.99. The summed E-state index contributed by atoms with van der Waals surface area (Å²) >= 11 is 0.797. The second-order valence-corrected chi connectivity index (χ2v) is 15.2. The minimum absolute atomic E-state index is 0.00301. The fraction of sp³-hybridized carbons (Fsp3) is 0.686. The summed E-state index contributed by atoms with van der Waals surface area (Å²) in [5.74, 6) is -1.62. The normalized spacial score (nSPS) is 22.2. The Morgan fingerprint density at radius 2 is 1.51 bits per heavy atom. The highest BCUT2D eigenvalue weighted by atomic mass is 32.2. The number of nitro groups is 2. The lowest BCUT2D eigenvalue weighted by Crippen LogP contribution is -2.55. The molecule has 0 saturated heterocycles. The number of carbonyl (C=O) groups is 5. The summed E-state index contributed by atoms with van der Waals surface area (Å²) in [6.45, 7) is 3.63. The Balaban J connectivity index is 1.41. The number of nitro benzene ring substituents is 2. The summed E-state index contributed by atoms with van der Waals surface area (Å²) in [6, 6.07) is 0.488. The minimum Gasteiger partial charge on any atom is -0.464 e. The molecule has 17 nitrogen and oxygen atoms in total. The van der Waals surface area contributed by atoms with Crippen LogP contribution in [-0.4, -0.2) is 82.9 Å². The van der Waals surface area contributed by atoms with Crippen molar-refractivity contribution in [3.05, 3.63) is 38.4 Å². The van der Waals surface area contributed by atoms with Crippen molar-refractivity contribution in [2.45, 2.75) is 113 Å². The van der Waals surface area contributed by atoms with E-state index in [4.69, 9.17) is 14.2 Å². The average Bonchev–Trinajstić information content (AvgIpc) is 3.09. The molecule has 3 amide bonds. The molecule has 0 unspecified atom stereocenters. The Hall–Kier alpha value is -4.48. The van der Waals surface area contributed by atoms with Gasteiger partial charge in [0, 0.05) is 18.2 Å². The van der Waals surface area contributed by atoms with E-state index in [1.807, 2.05) is 13.8 Å². The molecule has 0 radical (unpaired) electrons. The number of esters is 2. The topological polar surface area (TPSA) is 235 Å². The Morgan fingerprint density at radius 3 is 2.09 bits per heavy atom. The molecule has 4 fully saturated rings. The summed E-state index contributed by atoms with van der Waals surface area (Å²) in [4.78, 5) is 86.2. The van der Waals surface area contributed by atoms with Gasteiger partial charge in [0.25, 0.3) is 11.4 Å². The van der Waals surface area contributed by atoms with Crippen LogP contribution < -0.4 is 16.0 Å². The predicted octanol–water partition coefficient (Wildman–Crippen LogP) is 4.73. The lowest BCUT2D eigenvalue weighted by molar-refractivity contribution is -0.396. The molecule has 0 aromatic heterocycles. The molecule has 0 heterocycles. The molecule has 4 aliphatic carbocycles. The average molecular weight is 764 g/mol. The van der Waals surface area contributed by atoms with Crippen LogP contribution in [0, 0.1) is 38.0 Å².